The van der Waals surface area contributed by atoms with Gasteiger partial charge in [0.05, 0.1) is 23.8 Å². The standard InChI is InChI=1S/C27H28N4O4S/c1-3-12-35-24-9-10-25(19(2)14-24)26-21(17-31(30-26)23-7-5-4-6-8-23)15-20(16-28)27(32)29-22-11-13-36(33,34)18-22/h4-10,14-15,17,22H,3,11-13,18H2,1-2H3,(H,29,32)/b20-15-. The maximum atomic E-state index is 12.8. The molecular formula is C27H28N4O4S. The van der Waals surface area contributed by atoms with E-state index in [1.807, 2.05) is 68.4 Å². The van der Waals surface area contributed by atoms with Crippen molar-refractivity contribution in [2.75, 3.05) is 18.1 Å². The van der Waals surface area contributed by atoms with Crippen LogP contribution in [0.25, 0.3) is 23.0 Å². The molecule has 0 aliphatic carbocycles. The van der Waals surface area contributed by atoms with Crippen LogP contribution in [-0.2, 0) is 14.6 Å². The molecule has 1 unspecified atom stereocenters. The summed E-state index contributed by atoms with van der Waals surface area (Å²) >= 11 is 0. The van der Waals surface area contributed by atoms with Gasteiger partial charge in [-0.1, -0.05) is 25.1 Å². The molecule has 1 N–H and O–H groups in total. The summed E-state index contributed by atoms with van der Waals surface area (Å²) in [5.74, 6) is 0.0917. The number of rotatable bonds is 8. The second kappa shape index (κ2) is 10.8. The number of nitrogens with one attached hydrogen (secondary N) is 1. The fourth-order valence-corrected chi connectivity index (χ4v) is 5.78. The lowest BCUT2D eigenvalue weighted by Crippen LogP contribution is -2.36. The highest BCUT2D eigenvalue weighted by Crippen LogP contribution is 2.31. The molecule has 0 bridgehead atoms. The Morgan fingerprint density at radius 3 is 2.69 bits per heavy atom. The summed E-state index contributed by atoms with van der Waals surface area (Å²) in [6.07, 6.45) is 4.52. The predicted molar refractivity (Wildman–Crippen MR) is 138 cm³/mol. The van der Waals surface area contributed by atoms with Crippen LogP contribution in [0.1, 0.15) is 30.9 Å². The van der Waals surface area contributed by atoms with E-state index in [4.69, 9.17) is 9.84 Å². The average molecular weight is 505 g/mol. The highest BCUT2D eigenvalue weighted by Gasteiger charge is 2.29. The first-order valence-electron chi connectivity index (χ1n) is 11.8. The number of carbonyl (C=O) groups excluding carboxylic acids is 1. The van der Waals surface area contributed by atoms with Crippen molar-refractivity contribution in [3.63, 3.8) is 0 Å². The van der Waals surface area contributed by atoms with Crippen molar-refractivity contribution in [1.29, 1.82) is 5.26 Å². The maximum absolute atomic E-state index is 12.8. The van der Waals surface area contributed by atoms with Crippen molar-refractivity contribution in [3.8, 4) is 28.8 Å². The minimum absolute atomic E-state index is 0.0365. The monoisotopic (exact) mass is 504 g/mol. The fourth-order valence-electron chi connectivity index (χ4n) is 4.10. The zero-order valence-corrected chi connectivity index (χ0v) is 21.1. The average Bonchev–Trinajstić information content (AvgIpc) is 3.44. The molecule has 9 heteroatoms. The molecule has 1 aromatic heterocycles. The van der Waals surface area contributed by atoms with E-state index in [2.05, 4.69) is 5.32 Å². The number of carbonyl (C=O) groups is 1. The molecule has 8 nitrogen and oxygen atoms in total. The van der Waals surface area contributed by atoms with Gasteiger partial charge in [0.1, 0.15) is 23.1 Å². The Morgan fingerprint density at radius 1 is 1.28 bits per heavy atom. The fraction of sp³-hybridized carbons (Fsp3) is 0.296. The first-order chi connectivity index (χ1) is 17.3. The first kappa shape index (κ1) is 25.2. The van der Waals surface area contributed by atoms with Crippen LogP contribution in [-0.4, -0.2) is 48.3 Å². The summed E-state index contributed by atoms with van der Waals surface area (Å²) in [5.41, 5.74) is 3.71. The van der Waals surface area contributed by atoms with Gasteiger partial charge in [0.25, 0.3) is 5.91 Å². The van der Waals surface area contributed by atoms with E-state index >= 15 is 0 Å². The topological polar surface area (TPSA) is 114 Å². The van der Waals surface area contributed by atoms with Crippen LogP contribution >= 0.6 is 0 Å². The van der Waals surface area contributed by atoms with Crippen LogP contribution < -0.4 is 10.1 Å². The lowest BCUT2D eigenvalue weighted by atomic mass is 10.0. The zero-order valence-electron chi connectivity index (χ0n) is 20.3. The number of aromatic nitrogens is 2. The summed E-state index contributed by atoms with van der Waals surface area (Å²) in [5, 5.41) is 17.2. The first-order valence-corrected chi connectivity index (χ1v) is 13.6. The van der Waals surface area contributed by atoms with Crippen LogP contribution in [0.3, 0.4) is 0 Å². The summed E-state index contributed by atoms with van der Waals surface area (Å²) in [4.78, 5) is 12.8. The summed E-state index contributed by atoms with van der Waals surface area (Å²) in [7, 11) is -3.16. The summed E-state index contributed by atoms with van der Waals surface area (Å²) in [6, 6.07) is 16.8. The normalized spacial score (nSPS) is 16.9. The number of para-hydroxylation sites is 1. The number of nitrogens with zero attached hydrogens (tertiary/aromatic N) is 3. The molecular weight excluding hydrogens is 476 g/mol. The third-order valence-corrected chi connectivity index (χ3v) is 7.69. The lowest BCUT2D eigenvalue weighted by molar-refractivity contribution is -0.117. The van der Waals surface area contributed by atoms with Crippen molar-refractivity contribution in [3.05, 3.63) is 71.4 Å². The molecule has 1 aliphatic heterocycles. The molecule has 1 amide bonds. The molecule has 0 saturated carbocycles. The van der Waals surface area contributed by atoms with Crippen LogP contribution in [0.4, 0.5) is 0 Å². The molecule has 4 rings (SSSR count). The summed E-state index contributed by atoms with van der Waals surface area (Å²) < 4.78 is 31.0. The van der Waals surface area contributed by atoms with Gasteiger partial charge in [-0.25, -0.2) is 13.1 Å². The molecule has 0 radical (unpaired) electrons. The number of benzene rings is 2. The third kappa shape index (κ3) is 5.83. The molecule has 0 spiro atoms. The Labute approximate surface area is 211 Å². The quantitative estimate of drug-likeness (QED) is 0.368. The van der Waals surface area contributed by atoms with Crippen LogP contribution in [0.15, 0.2) is 60.3 Å². The molecule has 1 aliphatic rings. The van der Waals surface area contributed by atoms with E-state index < -0.39 is 21.8 Å². The van der Waals surface area contributed by atoms with E-state index in [1.165, 1.54) is 6.08 Å². The molecule has 2 aromatic carbocycles. The number of hydrogen-bond donors (Lipinski definition) is 1. The Balaban J connectivity index is 1.72. The Kier molecular flexibility index (Phi) is 7.55. The van der Waals surface area contributed by atoms with E-state index in [-0.39, 0.29) is 17.1 Å². The molecule has 1 saturated heterocycles. The largest absolute Gasteiger partial charge is 0.494 e. The van der Waals surface area contributed by atoms with Crippen molar-refractivity contribution in [2.24, 2.45) is 0 Å². The minimum Gasteiger partial charge on any atom is -0.494 e. The maximum Gasteiger partial charge on any atom is 0.262 e. The number of ether oxygens (including phenoxy) is 1. The highest BCUT2D eigenvalue weighted by atomic mass is 32.2. The van der Waals surface area contributed by atoms with E-state index in [9.17, 15) is 18.5 Å². The van der Waals surface area contributed by atoms with Gasteiger partial charge in [-0.2, -0.15) is 10.4 Å². The predicted octanol–water partition coefficient (Wildman–Crippen LogP) is 3.85. The van der Waals surface area contributed by atoms with Crippen LogP contribution in [0.5, 0.6) is 5.75 Å². The zero-order chi connectivity index (χ0) is 25.7. The lowest BCUT2D eigenvalue weighted by Gasteiger charge is -2.10. The smallest absolute Gasteiger partial charge is 0.262 e. The van der Waals surface area contributed by atoms with Gasteiger partial charge in [-0.15, -0.1) is 0 Å². The second-order valence-corrected chi connectivity index (χ2v) is 11.0. The van der Waals surface area contributed by atoms with Crippen molar-refractivity contribution in [1.82, 2.24) is 15.1 Å². The highest BCUT2D eigenvalue weighted by molar-refractivity contribution is 7.91. The Morgan fingerprint density at radius 2 is 2.06 bits per heavy atom. The van der Waals surface area contributed by atoms with Gasteiger partial charge in [0.15, 0.2) is 9.84 Å². The van der Waals surface area contributed by atoms with Crippen molar-refractivity contribution >= 4 is 21.8 Å². The minimum atomic E-state index is -3.16. The number of nitriles is 1. The van der Waals surface area contributed by atoms with E-state index in [0.717, 1.165) is 29.0 Å². The molecule has 1 fully saturated rings. The third-order valence-electron chi connectivity index (χ3n) is 5.92. The van der Waals surface area contributed by atoms with Gasteiger partial charge in [0, 0.05) is 23.4 Å². The van der Waals surface area contributed by atoms with Gasteiger partial charge < -0.3 is 10.1 Å². The Hall–Kier alpha value is -3.90. The number of aryl methyl sites for hydroxylation is 1. The number of hydrogen-bond acceptors (Lipinski definition) is 6. The molecule has 186 valence electrons. The second-order valence-electron chi connectivity index (χ2n) is 8.78. The number of amides is 1. The van der Waals surface area contributed by atoms with Crippen LogP contribution in [0, 0.1) is 18.3 Å². The van der Waals surface area contributed by atoms with Gasteiger partial charge >= 0.3 is 0 Å². The van der Waals surface area contributed by atoms with Gasteiger partial charge in [-0.05, 0) is 61.7 Å². The van der Waals surface area contributed by atoms with Gasteiger partial charge in [-0.3, -0.25) is 4.79 Å². The van der Waals surface area contributed by atoms with E-state index in [1.54, 1.807) is 10.9 Å². The SMILES string of the molecule is CCCOc1ccc(-c2nn(-c3ccccc3)cc2/C=C(/C#N)C(=O)NC2CCS(=O)(=O)C2)c(C)c1. The molecule has 2 heterocycles. The van der Waals surface area contributed by atoms with Crippen molar-refractivity contribution in [2.45, 2.75) is 32.7 Å². The summed E-state index contributed by atoms with van der Waals surface area (Å²) in [6.45, 7) is 4.63. The molecule has 1 atom stereocenters. The molecule has 36 heavy (non-hydrogen) atoms. The molecule has 3 aromatic rings. The Bertz CT molecular complexity index is 1440. The van der Waals surface area contributed by atoms with Crippen LogP contribution in [0.2, 0.25) is 0 Å². The van der Waals surface area contributed by atoms with Crippen molar-refractivity contribution < 1.29 is 17.9 Å². The van der Waals surface area contributed by atoms with E-state index in [0.29, 0.717) is 24.3 Å². The number of sulfone groups is 1. The van der Waals surface area contributed by atoms with Gasteiger partial charge in [0.2, 0.25) is 0 Å².